The van der Waals surface area contributed by atoms with Gasteiger partial charge in [0, 0.05) is 19.6 Å². The van der Waals surface area contributed by atoms with Crippen LogP contribution in [0.15, 0.2) is 40.3 Å². The first kappa shape index (κ1) is 17.1. The molecule has 0 atom stereocenters. The highest BCUT2D eigenvalue weighted by molar-refractivity contribution is 7.89. The van der Waals surface area contributed by atoms with Gasteiger partial charge in [-0.3, -0.25) is 10.0 Å². The van der Waals surface area contributed by atoms with E-state index in [2.05, 4.69) is 10.0 Å². The highest BCUT2D eigenvalue weighted by Gasteiger charge is 2.46. The maximum absolute atomic E-state index is 12.5. The Hall–Kier alpha value is -1.74. The molecule has 0 spiro atoms. The maximum atomic E-state index is 12.5. The van der Waals surface area contributed by atoms with Crippen LogP contribution in [0, 0.1) is 12.3 Å². The summed E-state index contributed by atoms with van der Waals surface area (Å²) in [6.45, 7) is 3.24. The Balaban J connectivity index is 1.77. The quantitative estimate of drug-likeness (QED) is 0.350. The van der Waals surface area contributed by atoms with Gasteiger partial charge < -0.3 is 5.32 Å². The van der Waals surface area contributed by atoms with Crippen LogP contribution in [0.5, 0.6) is 0 Å². The molecule has 0 saturated carbocycles. The second-order valence-corrected chi connectivity index (χ2v) is 8.29. The van der Waals surface area contributed by atoms with Gasteiger partial charge in [-0.05, 0) is 31.9 Å². The summed E-state index contributed by atoms with van der Waals surface area (Å²) in [6, 6.07) is 6.52. The zero-order valence-electron chi connectivity index (χ0n) is 13.4. The number of carbonyl (C=O) groups excluding carboxylic acids is 1. The second kappa shape index (κ2) is 6.29. The van der Waals surface area contributed by atoms with Gasteiger partial charge in [0.2, 0.25) is 10.0 Å². The lowest BCUT2D eigenvalue weighted by Crippen LogP contribution is -2.47. The van der Waals surface area contributed by atoms with Gasteiger partial charge in [-0.25, -0.2) is 18.6 Å². The summed E-state index contributed by atoms with van der Waals surface area (Å²) >= 11 is 0. The van der Waals surface area contributed by atoms with Gasteiger partial charge in [-0.15, -0.1) is 0 Å². The van der Waals surface area contributed by atoms with Crippen LogP contribution in [0.4, 0.5) is 0 Å². The van der Waals surface area contributed by atoms with Crippen LogP contribution in [-0.2, 0) is 14.8 Å². The van der Waals surface area contributed by atoms with Crippen LogP contribution in [0.1, 0.15) is 18.4 Å². The van der Waals surface area contributed by atoms with E-state index < -0.39 is 21.3 Å². The molecule has 4 N–H and O–H groups in total. The number of aryl methyl sites for hydroxylation is 1. The van der Waals surface area contributed by atoms with Crippen molar-refractivity contribution in [2.75, 3.05) is 19.6 Å². The van der Waals surface area contributed by atoms with E-state index >= 15 is 0 Å². The van der Waals surface area contributed by atoms with E-state index in [9.17, 15) is 13.2 Å². The molecule has 0 fully saturated rings. The van der Waals surface area contributed by atoms with Gasteiger partial charge in [0.05, 0.1) is 10.3 Å². The lowest BCUT2D eigenvalue weighted by atomic mass is 9.82. The van der Waals surface area contributed by atoms with E-state index in [4.69, 9.17) is 5.21 Å². The zero-order valence-corrected chi connectivity index (χ0v) is 14.2. The summed E-state index contributed by atoms with van der Waals surface area (Å²) in [4.78, 5) is 12.4. The number of rotatable bonds is 5. The van der Waals surface area contributed by atoms with Gasteiger partial charge in [-0.1, -0.05) is 28.8 Å². The molecule has 24 heavy (non-hydrogen) atoms. The lowest BCUT2D eigenvalue weighted by molar-refractivity contribution is -0.139. The minimum absolute atomic E-state index is 0.0530. The summed E-state index contributed by atoms with van der Waals surface area (Å²) in [5.74, 6) is -0.552. The molecule has 1 amide bonds. The molecule has 3 rings (SSSR count). The standard InChI is InChI=1S/C16H21N3O4S/c1-11-2-4-14(5-3-11)24(22,23)18-10-16(15(20)19-21)6-12-8-17-9-13(12)7-16/h2-5,17-18,21H,6-10H2,1H3,(H,19,20). The first-order valence-electron chi connectivity index (χ1n) is 7.78. The molecular formula is C16H21N3O4S. The van der Waals surface area contributed by atoms with Crippen molar-refractivity contribution in [3.05, 3.63) is 41.0 Å². The first-order valence-corrected chi connectivity index (χ1v) is 9.26. The molecule has 7 nitrogen and oxygen atoms in total. The highest BCUT2D eigenvalue weighted by atomic mass is 32.2. The summed E-state index contributed by atoms with van der Waals surface area (Å²) in [5.41, 5.74) is 3.96. The summed E-state index contributed by atoms with van der Waals surface area (Å²) in [6.07, 6.45) is 0.885. The molecule has 130 valence electrons. The minimum atomic E-state index is -3.71. The molecule has 1 aliphatic carbocycles. The molecule has 0 radical (unpaired) electrons. The van der Waals surface area contributed by atoms with E-state index in [0.717, 1.165) is 16.7 Å². The van der Waals surface area contributed by atoms with Gasteiger partial charge in [0.1, 0.15) is 0 Å². The molecular weight excluding hydrogens is 330 g/mol. The van der Waals surface area contributed by atoms with E-state index in [-0.39, 0.29) is 11.4 Å². The van der Waals surface area contributed by atoms with Crippen LogP contribution < -0.4 is 15.5 Å². The maximum Gasteiger partial charge on any atom is 0.251 e. The Morgan fingerprint density at radius 1 is 1.21 bits per heavy atom. The monoisotopic (exact) mass is 351 g/mol. The Morgan fingerprint density at radius 3 is 2.33 bits per heavy atom. The fourth-order valence-corrected chi connectivity index (χ4v) is 4.51. The third-order valence-corrected chi connectivity index (χ3v) is 6.21. The molecule has 1 heterocycles. The van der Waals surface area contributed by atoms with Crippen LogP contribution in [0.2, 0.25) is 0 Å². The predicted octanol–water partition coefficient (Wildman–Crippen LogP) is 0.459. The summed E-state index contributed by atoms with van der Waals surface area (Å²) in [5, 5.41) is 12.3. The van der Waals surface area contributed by atoms with Crippen molar-refractivity contribution in [2.24, 2.45) is 5.41 Å². The Bertz CT molecular complexity index is 768. The third-order valence-electron chi connectivity index (χ3n) is 4.80. The van der Waals surface area contributed by atoms with Crippen molar-refractivity contribution < 1.29 is 18.4 Å². The van der Waals surface area contributed by atoms with Crippen LogP contribution >= 0.6 is 0 Å². The number of sulfonamides is 1. The lowest BCUT2D eigenvalue weighted by Gasteiger charge is -2.28. The van der Waals surface area contributed by atoms with E-state index in [0.29, 0.717) is 25.9 Å². The largest absolute Gasteiger partial charge is 0.309 e. The second-order valence-electron chi connectivity index (χ2n) is 6.52. The Labute approximate surface area is 141 Å². The van der Waals surface area contributed by atoms with Gasteiger partial charge >= 0.3 is 0 Å². The summed E-state index contributed by atoms with van der Waals surface area (Å²) < 4.78 is 27.5. The van der Waals surface area contributed by atoms with Crippen molar-refractivity contribution in [1.82, 2.24) is 15.5 Å². The summed E-state index contributed by atoms with van der Waals surface area (Å²) in [7, 11) is -3.71. The Kier molecular flexibility index (Phi) is 4.48. The van der Waals surface area contributed by atoms with Crippen molar-refractivity contribution in [3.8, 4) is 0 Å². The molecule has 1 aromatic carbocycles. The molecule has 1 aliphatic heterocycles. The van der Waals surface area contributed by atoms with Crippen molar-refractivity contribution in [3.63, 3.8) is 0 Å². The number of hydroxylamine groups is 1. The van der Waals surface area contributed by atoms with Crippen molar-refractivity contribution >= 4 is 15.9 Å². The minimum Gasteiger partial charge on any atom is -0.309 e. The number of hydrogen-bond donors (Lipinski definition) is 4. The fraction of sp³-hybridized carbons (Fsp3) is 0.438. The van der Waals surface area contributed by atoms with E-state index in [1.54, 1.807) is 17.6 Å². The fourth-order valence-electron chi connectivity index (χ4n) is 3.39. The molecule has 1 aromatic rings. The topological polar surface area (TPSA) is 108 Å². The molecule has 2 aliphatic rings. The first-order chi connectivity index (χ1) is 11.4. The van der Waals surface area contributed by atoms with E-state index in [1.807, 2.05) is 6.92 Å². The van der Waals surface area contributed by atoms with Crippen molar-refractivity contribution in [2.45, 2.75) is 24.7 Å². The van der Waals surface area contributed by atoms with E-state index in [1.165, 1.54) is 12.1 Å². The number of nitrogens with one attached hydrogen (secondary N) is 3. The predicted molar refractivity (Wildman–Crippen MR) is 87.9 cm³/mol. The average Bonchev–Trinajstić information content (AvgIpc) is 3.12. The zero-order chi connectivity index (χ0) is 17.4. The normalized spacial score (nSPS) is 19.4. The molecule has 0 bridgehead atoms. The van der Waals surface area contributed by atoms with Crippen LogP contribution in [0.3, 0.4) is 0 Å². The SMILES string of the molecule is Cc1ccc(S(=O)(=O)NCC2(C(=O)NO)CC3=C(CNC3)C2)cc1. The van der Waals surface area contributed by atoms with Gasteiger partial charge in [0.25, 0.3) is 5.91 Å². The average molecular weight is 351 g/mol. The highest BCUT2D eigenvalue weighted by Crippen LogP contribution is 2.43. The molecule has 0 unspecified atom stereocenters. The van der Waals surface area contributed by atoms with Crippen molar-refractivity contribution in [1.29, 1.82) is 0 Å². The van der Waals surface area contributed by atoms with Gasteiger partial charge in [-0.2, -0.15) is 0 Å². The number of amides is 1. The van der Waals surface area contributed by atoms with Crippen LogP contribution in [0.25, 0.3) is 0 Å². The third kappa shape index (κ3) is 3.10. The van der Waals surface area contributed by atoms with Gasteiger partial charge in [0.15, 0.2) is 0 Å². The number of benzene rings is 1. The van der Waals surface area contributed by atoms with Crippen LogP contribution in [-0.4, -0.2) is 39.2 Å². The number of hydrogen-bond acceptors (Lipinski definition) is 5. The number of carbonyl (C=O) groups is 1. The Morgan fingerprint density at radius 2 is 1.79 bits per heavy atom. The molecule has 8 heteroatoms. The molecule has 0 aromatic heterocycles. The smallest absolute Gasteiger partial charge is 0.251 e. The molecule has 0 saturated heterocycles.